The number of pyridine rings is 1. The number of thiophene rings is 1. The van der Waals surface area contributed by atoms with Gasteiger partial charge in [0.25, 0.3) is 0 Å². The van der Waals surface area contributed by atoms with Crippen LogP contribution >= 0.6 is 18.9 Å². The Labute approximate surface area is 254 Å². The van der Waals surface area contributed by atoms with Crippen LogP contribution in [0.4, 0.5) is 5.69 Å². The van der Waals surface area contributed by atoms with Crippen molar-refractivity contribution < 1.29 is 28.1 Å². The summed E-state index contributed by atoms with van der Waals surface area (Å²) in [5.41, 5.74) is 5.52. The number of carboxylic acids is 1. The second-order valence-corrected chi connectivity index (χ2v) is 14.3. The number of nitrogens with zero attached hydrogens (tertiary/aromatic N) is 2. The minimum absolute atomic E-state index is 0.122. The number of carboxylic acid groups (broad SMARTS) is 1. The summed E-state index contributed by atoms with van der Waals surface area (Å²) in [6, 6.07) is 21.0. The van der Waals surface area contributed by atoms with Crippen molar-refractivity contribution >= 4 is 46.9 Å². The van der Waals surface area contributed by atoms with Crippen LogP contribution in [0, 0.1) is 19.8 Å². The van der Waals surface area contributed by atoms with Gasteiger partial charge in [0, 0.05) is 49.6 Å². The largest absolute Gasteiger partial charge is 0.477 e. The molecular weight excluding hydrogens is 583 g/mol. The van der Waals surface area contributed by atoms with E-state index < -0.39 is 13.5 Å². The number of hydrogen-bond donors (Lipinski definition) is 1. The Hall–Kier alpha value is -3.75. The Balaban J connectivity index is 1.42. The number of aromatic carboxylic acids is 1. The quantitative estimate of drug-likeness (QED) is 0.167. The maximum atomic E-state index is 15.0. The van der Waals surface area contributed by atoms with Gasteiger partial charge in [-0.25, -0.2) is 4.79 Å². The maximum Gasteiger partial charge on any atom is 0.348 e. The zero-order valence-corrected chi connectivity index (χ0v) is 26.0. The van der Waals surface area contributed by atoms with Crippen LogP contribution in [0.5, 0.6) is 0 Å². The van der Waals surface area contributed by atoms with Crippen LogP contribution in [-0.2, 0) is 13.8 Å². The molecule has 222 valence electrons. The molecular formula is C33H33N2O6PS. The van der Waals surface area contributed by atoms with E-state index in [4.69, 9.17) is 13.7 Å². The number of hydrogen-bond acceptors (Lipinski definition) is 7. The summed E-state index contributed by atoms with van der Waals surface area (Å²) in [4.78, 5) is 17.9. The van der Waals surface area contributed by atoms with E-state index in [1.807, 2.05) is 80.6 Å². The van der Waals surface area contributed by atoms with Gasteiger partial charge >= 0.3 is 13.5 Å². The molecule has 1 unspecified atom stereocenters. The van der Waals surface area contributed by atoms with Gasteiger partial charge in [0.05, 0.1) is 11.0 Å². The summed E-state index contributed by atoms with van der Waals surface area (Å²) in [6.07, 6.45) is 3.32. The highest BCUT2D eigenvalue weighted by Gasteiger charge is 2.39. The summed E-state index contributed by atoms with van der Waals surface area (Å²) in [5, 5.41) is 10.9. The molecule has 43 heavy (non-hydrogen) atoms. The molecule has 1 atom stereocenters. The number of furan rings is 1. The summed E-state index contributed by atoms with van der Waals surface area (Å²) < 4.78 is 34.1. The third-order valence-electron chi connectivity index (χ3n) is 7.92. The first-order valence-corrected chi connectivity index (χ1v) is 16.6. The highest BCUT2D eigenvalue weighted by atomic mass is 32.1. The highest BCUT2D eigenvalue weighted by Crippen LogP contribution is 2.55. The molecule has 0 aliphatic carbocycles. The van der Waals surface area contributed by atoms with Gasteiger partial charge in [-0.05, 0) is 68.0 Å². The fourth-order valence-electron chi connectivity index (χ4n) is 5.65. The van der Waals surface area contributed by atoms with Crippen molar-refractivity contribution in [2.45, 2.75) is 26.7 Å². The Morgan fingerprint density at radius 3 is 2.49 bits per heavy atom. The number of rotatable bonds is 9. The molecule has 6 rings (SSSR count). The fraction of sp³-hybridized carbons (Fsp3) is 0.273. The van der Waals surface area contributed by atoms with E-state index in [9.17, 15) is 14.5 Å². The Morgan fingerprint density at radius 1 is 1.07 bits per heavy atom. The number of ether oxygens (including phenoxy) is 1. The van der Waals surface area contributed by atoms with Gasteiger partial charge in [-0.2, -0.15) is 0 Å². The van der Waals surface area contributed by atoms with Crippen LogP contribution in [0.15, 0.2) is 77.3 Å². The molecule has 1 aliphatic rings. The van der Waals surface area contributed by atoms with Crippen LogP contribution in [0.3, 0.4) is 0 Å². The molecule has 8 nitrogen and oxygen atoms in total. The molecule has 10 heteroatoms. The molecule has 0 amide bonds. The fourth-order valence-corrected chi connectivity index (χ4v) is 9.04. The van der Waals surface area contributed by atoms with Crippen LogP contribution in [0.2, 0.25) is 0 Å². The van der Waals surface area contributed by atoms with Gasteiger partial charge in [0.2, 0.25) is 0 Å². The lowest BCUT2D eigenvalue weighted by atomic mass is 10.0. The Morgan fingerprint density at radius 2 is 1.81 bits per heavy atom. The molecule has 1 aliphatic heterocycles. The topological polar surface area (TPSA) is 102 Å². The van der Waals surface area contributed by atoms with E-state index in [1.165, 1.54) is 18.4 Å². The first kappa shape index (κ1) is 29.3. The van der Waals surface area contributed by atoms with Crippen molar-refractivity contribution in [3.05, 3.63) is 88.9 Å². The van der Waals surface area contributed by atoms with E-state index in [0.717, 1.165) is 45.5 Å². The molecule has 5 aromatic rings. The monoisotopic (exact) mass is 616 g/mol. The van der Waals surface area contributed by atoms with Gasteiger partial charge in [0.15, 0.2) is 5.58 Å². The van der Waals surface area contributed by atoms with Crippen molar-refractivity contribution in [1.29, 1.82) is 0 Å². The van der Waals surface area contributed by atoms with E-state index >= 15 is 0 Å². The number of carbonyl (C=O) groups is 1. The molecule has 0 saturated carbocycles. The average Bonchev–Trinajstić information content (AvgIpc) is 3.65. The lowest BCUT2D eigenvalue weighted by Gasteiger charge is -2.36. The number of aryl methyl sites for hydroxylation is 2. The van der Waals surface area contributed by atoms with Crippen LogP contribution < -0.4 is 9.97 Å². The van der Waals surface area contributed by atoms with E-state index in [2.05, 4.69) is 4.98 Å². The van der Waals surface area contributed by atoms with Gasteiger partial charge in [-0.3, -0.25) is 14.2 Å². The van der Waals surface area contributed by atoms with Gasteiger partial charge in [0.1, 0.15) is 16.2 Å². The van der Waals surface area contributed by atoms with Crippen molar-refractivity contribution in [2.24, 2.45) is 5.92 Å². The van der Waals surface area contributed by atoms with Crippen LogP contribution in [0.25, 0.3) is 32.9 Å². The summed E-state index contributed by atoms with van der Waals surface area (Å²) in [7, 11) is -2.26. The molecule has 1 N–H and O–H groups in total. The lowest BCUT2D eigenvalue weighted by molar-refractivity contribution is 0.0683. The second kappa shape index (κ2) is 12.1. The van der Waals surface area contributed by atoms with Crippen molar-refractivity contribution in [2.75, 3.05) is 31.5 Å². The first-order chi connectivity index (χ1) is 20.8. The summed E-state index contributed by atoms with van der Waals surface area (Å²) in [6.45, 7) is 5.52. The van der Waals surface area contributed by atoms with Crippen LogP contribution in [0.1, 0.15) is 33.6 Å². The van der Waals surface area contributed by atoms with Crippen molar-refractivity contribution in [3.63, 3.8) is 0 Å². The molecule has 0 bridgehead atoms. The lowest BCUT2D eigenvalue weighted by Crippen LogP contribution is -2.35. The maximum absolute atomic E-state index is 15.0. The molecule has 2 aromatic carbocycles. The number of anilines is 1. The predicted molar refractivity (Wildman–Crippen MR) is 171 cm³/mol. The minimum atomic E-state index is -3.70. The van der Waals surface area contributed by atoms with Gasteiger partial charge < -0.3 is 18.8 Å². The zero-order chi connectivity index (χ0) is 30.1. The van der Waals surface area contributed by atoms with Gasteiger partial charge in [-0.1, -0.05) is 42.0 Å². The van der Waals surface area contributed by atoms with Crippen molar-refractivity contribution in [3.8, 4) is 21.8 Å². The SMILES string of the molecule is COP(=O)(c1ccc(C)cc1C)N(CC1CCOCC1)c1cc(-c2ccc(-c3cc4ncccc4o3)cc2)sc1C(=O)O. The normalized spacial score (nSPS) is 15.4. The molecule has 4 heterocycles. The minimum Gasteiger partial charge on any atom is -0.477 e. The predicted octanol–water partition coefficient (Wildman–Crippen LogP) is 7.94. The molecule has 3 aromatic heterocycles. The number of benzene rings is 2. The van der Waals surface area contributed by atoms with E-state index in [0.29, 0.717) is 42.1 Å². The molecule has 1 saturated heterocycles. The molecule has 0 spiro atoms. The number of fused-ring (bicyclic) bond motifs is 1. The Kier molecular flexibility index (Phi) is 8.25. The molecule has 0 radical (unpaired) electrons. The van der Waals surface area contributed by atoms with Gasteiger partial charge in [-0.15, -0.1) is 11.3 Å². The third-order valence-corrected chi connectivity index (χ3v) is 11.7. The Bertz CT molecular complexity index is 1790. The smallest absolute Gasteiger partial charge is 0.348 e. The standard InChI is InChI=1S/C33H33N2O6PS/c1-21-6-11-30(22(2)17-21)42(38,39-3)35(20-23-12-15-40-16-13-23)27-19-31(43-32(27)33(36)37)25-9-7-24(8-10-25)29-18-26-28(41-29)5-4-14-34-26/h4-11,14,17-19,23H,12-13,15-16,20H2,1-3H3,(H,36,37). The van der Waals surface area contributed by atoms with E-state index in [1.54, 1.807) is 10.9 Å². The second-order valence-electron chi connectivity index (χ2n) is 10.8. The van der Waals surface area contributed by atoms with E-state index in [-0.39, 0.29) is 10.8 Å². The summed E-state index contributed by atoms with van der Waals surface area (Å²) in [5.74, 6) is -0.195. The zero-order valence-electron chi connectivity index (χ0n) is 24.3. The van der Waals surface area contributed by atoms with Crippen LogP contribution in [-0.4, -0.2) is 42.9 Å². The first-order valence-electron chi connectivity index (χ1n) is 14.2. The highest BCUT2D eigenvalue weighted by molar-refractivity contribution is 7.68. The average molecular weight is 617 g/mol. The third kappa shape index (κ3) is 5.78. The molecule has 1 fully saturated rings. The van der Waals surface area contributed by atoms with Crippen molar-refractivity contribution in [1.82, 2.24) is 4.98 Å². The summed E-state index contributed by atoms with van der Waals surface area (Å²) >= 11 is 1.17. The number of aromatic nitrogens is 1.